The first kappa shape index (κ1) is 5.36. The average molecular weight is 161 g/mol. The van der Waals surface area contributed by atoms with Crippen molar-refractivity contribution < 1.29 is 0 Å². The Morgan fingerprint density at radius 2 is 2.29 bits per heavy atom. The molecule has 0 bridgehead atoms. The van der Waals surface area contributed by atoms with E-state index >= 15 is 0 Å². The summed E-state index contributed by atoms with van der Waals surface area (Å²) in [5.41, 5.74) is 1.64. The molecule has 40 valence electrons. The highest BCUT2D eigenvalue weighted by atomic mass is 79.9. The maximum Gasteiger partial charge on any atom is 0.0214 e. The van der Waals surface area contributed by atoms with E-state index in [-0.39, 0.29) is 0 Å². The zero-order valence-corrected chi connectivity index (χ0v) is 5.87. The van der Waals surface area contributed by atoms with Gasteiger partial charge in [0.2, 0.25) is 0 Å². The molecule has 0 spiro atoms. The van der Waals surface area contributed by atoms with Gasteiger partial charge in [-0.25, -0.2) is 0 Å². The molecule has 0 atom stereocenters. The lowest BCUT2D eigenvalue weighted by molar-refractivity contribution is 0.661. The molecule has 0 radical (unpaired) electrons. The van der Waals surface area contributed by atoms with Crippen molar-refractivity contribution in [2.24, 2.45) is 0 Å². The van der Waals surface area contributed by atoms with Crippen molar-refractivity contribution in [1.82, 2.24) is 0 Å². The van der Waals surface area contributed by atoms with Crippen LogP contribution in [-0.4, -0.2) is 5.33 Å². The number of hydrogen-bond acceptors (Lipinski definition) is 0. The van der Waals surface area contributed by atoms with Crippen molar-refractivity contribution in [3.8, 4) is 0 Å². The predicted octanol–water partition coefficient (Wildman–Crippen LogP) is 2.49. The standard InChI is InChI=1S/C6H9Br/c7-5-4-6-2-1-3-6/h4H,1-3,5H2. The number of alkyl halides is 1. The molecular formula is C6H9Br. The van der Waals surface area contributed by atoms with Crippen molar-refractivity contribution >= 4 is 15.9 Å². The second kappa shape index (κ2) is 2.51. The van der Waals surface area contributed by atoms with Gasteiger partial charge in [-0.1, -0.05) is 27.6 Å². The third kappa shape index (κ3) is 1.30. The minimum Gasteiger partial charge on any atom is -0.0883 e. The van der Waals surface area contributed by atoms with Crippen LogP contribution in [0.1, 0.15) is 19.3 Å². The van der Waals surface area contributed by atoms with Crippen molar-refractivity contribution in [3.63, 3.8) is 0 Å². The van der Waals surface area contributed by atoms with Gasteiger partial charge >= 0.3 is 0 Å². The minimum atomic E-state index is 1.04. The van der Waals surface area contributed by atoms with Gasteiger partial charge in [0.15, 0.2) is 0 Å². The normalized spacial score (nSPS) is 18.7. The quantitative estimate of drug-likeness (QED) is 0.409. The van der Waals surface area contributed by atoms with Crippen LogP contribution < -0.4 is 0 Å². The fourth-order valence-electron chi connectivity index (χ4n) is 0.694. The SMILES string of the molecule is BrCC=C1CCC1. The second-order valence-electron chi connectivity index (χ2n) is 1.87. The van der Waals surface area contributed by atoms with Crippen LogP contribution in [0.4, 0.5) is 0 Å². The predicted molar refractivity (Wildman–Crippen MR) is 35.7 cm³/mol. The Hall–Kier alpha value is 0.220. The van der Waals surface area contributed by atoms with Gasteiger partial charge in [0, 0.05) is 5.33 Å². The average Bonchev–Trinajstić information content (AvgIpc) is 1.55. The fraction of sp³-hybridized carbons (Fsp3) is 0.667. The number of halogens is 1. The monoisotopic (exact) mass is 160 g/mol. The molecule has 0 saturated heterocycles. The van der Waals surface area contributed by atoms with Gasteiger partial charge in [-0.15, -0.1) is 0 Å². The van der Waals surface area contributed by atoms with E-state index in [0.717, 1.165) is 5.33 Å². The lowest BCUT2D eigenvalue weighted by Gasteiger charge is -2.14. The molecule has 1 saturated carbocycles. The van der Waals surface area contributed by atoms with Crippen molar-refractivity contribution in [2.75, 3.05) is 5.33 Å². The van der Waals surface area contributed by atoms with E-state index in [1.807, 2.05) is 0 Å². The van der Waals surface area contributed by atoms with Crippen LogP contribution >= 0.6 is 15.9 Å². The summed E-state index contributed by atoms with van der Waals surface area (Å²) in [4.78, 5) is 0. The van der Waals surface area contributed by atoms with Crippen LogP contribution in [0.3, 0.4) is 0 Å². The van der Waals surface area contributed by atoms with Crippen LogP contribution in [0.5, 0.6) is 0 Å². The lowest BCUT2D eigenvalue weighted by Crippen LogP contribution is -1.95. The number of hydrogen-bond donors (Lipinski definition) is 0. The van der Waals surface area contributed by atoms with Crippen molar-refractivity contribution in [1.29, 1.82) is 0 Å². The molecule has 1 heteroatoms. The molecule has 0 heterocycles. The van der Waals surface area contributed by atoms with Crippen LogP contribution in [-0.2, 0) is 0 Å². The van der Waals surface area contributed by atoms with Gasteiger partial charge in [-0.3, -0.25) is 0 Å². The van der Waals surface area contributed by atoms with Gasteiger partial charge in [0.1, 0.15) is 0 Å². The molecule has 1 aliphatic rings. The molecule has 1 aliphatic carbocycles. The maximum atomic E-state index is 3.35. The van der Waals surface area contributed by atoms with Crippen molar-refractivity contribution in [2.45, 2.75) is 19.3 Å². The van der Waals surface area contributed by atoms with E-state index in [1.54, 1.807) is 5.57 Å². The Labute approximate surface area is 52.7 Å². The van der Waals surface area contributed by atoms with E-state index < -0.39 is 0 Å². The molecule has 0 aromatic carbocycles. The van der Waals surface area contributed by atoms with Gasteiger partial charge in [-0.05, 0) is 19.3 Å². The van der Waals surface area contributed by atoms with Gasteiger partial charge in [-0.2, -0.15) is 0 Å². The molecule has 1 rings (SSSR count). The molecule has 0 aromatic heterocycles. The highest BCUT2D eigenvalue weighted by Gasteiger charge is 2.05. The summed E-state index contributed by atoms with van der Waals surface area (Å²) in [7, 11) is 0. The molecule has 0 aromatic rings. The summed E-state index contributed by atoms with van der Waals surface area (Å²) in [6.07, 6.45) is 6.39. The van der Waals surface area contributed by atoms with E-state index in [4.69, 9.17) is 0 Å². The van der Waals surface area contributed by atoms with E-state index in [1.165, 1.54) is 19.3 Å². The minimum absolute atomic E-state index is 1.04. The summed E-state index contributed by atoms with van der Waals surface area (Å²) < 4.78 is 0. The lowest BCUT2D eigenvalue weighted by atomic mass is 9.93. The Balaban J connectivity index is 2.23. The summed E-state index contributed by atoms with van der Waals surface area (Å²) in [6, 6.07) is 0. The zero-order valence-electron chi connectivity index (χ0n) is 4.28. The van der Waals surface area contributed by atoms with Gasteiger partial charge < -0.3 is 0 Å². The largest absolute Gasteiger partial charge is 0.0883 e. The number of rotatable bonds is 1. The molecule has 0 aliphatic heterocycles. The summed E-state index contributed by atoms with van der Waals surface area (Å²) in [5, 5.41) is 1.04. The maximum absolute atomic E-state index is 3.35. The Morgan fingerprint density at radius 3 is 2.43 bits per heavy atom. The van der Waals surface area contributed by atoms with Gasteiger partial charge in [0.05, 0.1) is 0 Å². The van der Waals surface area contributed by atoms with E-state index in [2.05, 4.69) is 22.0 Å². The summed E-state index contributed by atoms with van der Waals surface area (Å²) >= 11 is 3.35. The van der Waals surface area contributed by atoms with E-state index in [0.29, 0.717) is 0 Å². The molecule has 0 unspecified atom stereocenters. The smallest absolute Gasteiger partial charge is 0.0214 e. The Morgan fingerprint density at radius 1 is 1.57 bits per heavy atom. The first-order valence-electron chi connectivity index (χ1n) is 2.67. The fourth-order valence-corrected chi connectivity index (χ4v) is 1.15. The third-order valence-electron chi connectivity index (χ3n) is 1.36. The van der Waals surface area contributed by atoms with Crippen LogP contribution in [0.2, 0.25) is 0 Å². The molecule has 1 fully saturated rings. The van der Waals surface area contributed by atoms with Crippen molar-refractivity contribution in [3.05, 3.63) is 11.6 Å². The summed E-state index contributed by atoms with van der Waals surface area (Å²) in [5.74, 6) is 0. The molecular weight excluding hydrogens is 152 g/mol. The van der Waals surface area contributed by atoms with E-state index in [9.17, 15) is 0 Å². The summed E-state index contributed by atoms with van der Waals surface area (Å²) in [6.45, 7) is 0. The van der Waals surface area contributed by atoms with Crippen LogP contribution in [0.15, 0.2) is 11.6 Å². The molecule has 0 amide bonds. The Kier molecular flexibility index (Phi) is 1.92. The topological polar surface area (TPSA) is 0 Å². The highest BCUT2D eigenvalue weighted by Crippen LogP contribution is 2.24. The number of allylic oxidation sites excluding steroid dienone is 2. The van der Waals surface area contributed by atoms with Crippen LogP contribution in [0.25, 0.3) is 0 Å². The Bertz CT molecular complexity index is 78.2. The van der Waals surface area contributed by atoms with Gasteiger partial charge in [0.25, 0.3) is 0 Å². The zero-order chi connectivity index (χ0) is 5.11. The second-order valence-corrected chi connectivity index (χ2v) is 2.52. The van der Waals surface area contributed by atoms with Crippen LogP contribution in [0, 0.1) is 0 Å². The first-order valence-corrected chi connectivity index (χ1v) is 3.79. The molecule has 0 nitrogen and oxygen atoms in total. The molecule has 7 heavy (non-hydrogen) atoms. The molecule has 0 N–H and O–H groups in total. The third-order valence-corrected chi connectivity index (χ3v) is 1.69. The first-order chi connectivity index (χ1) is 3.43. The highest BCUT2D eigenvalue weighted by molar-refractivity contribution is 9.09.